The summed E-state index contributed by atoms with van der Waals surface area (Å²) in [5.41, 5.74) is -1.29. The highest BCUT2D eigenvalue weighted by Crippen LogP contribution is 2.66. The molecule has 3 aliphatic rings. The van der Waals surface area contributed by atoms with Gasteiger partial charge in [0.1, 0.15) is 13.6 Å². The van der Waals surface area contributed by atoms with Crippen molar-refractivity contribution in [3.8, 4) is 0 Å². The lowest BCUT2D eigenvalue weighted by atomic mass is 9.46. The van der Waals surface area contributed by atoms with E-state index in [0.29, 0.717) is 6.42 Å². The quantitative estimate of drug-likeness (QED) is 0.409. The number of rotatable bonds is 9. The van der Waals surface area contributed by atoms with Crippen molar-refractivity contribution < 1.29 is 43.4 Å². The van der Waals surface area contributed by atoms with E-state index in [2.05, 4.69) is 19.9 Å². The van der Waals surface area contributed by atoms with Gasteiger partial charge in [-0.2, -0.15) is 0 Å². The molecule has 0 aromatic carbocycles. The average molecular weight is 433 g/mol. The Labute approximate surface area is 178 Å². The number of methoxy groups -OCH3 is 4. The SMILES string of the molecule is COCO[C@H]1CC(C)(C)[C@@H]2C=C[C@H](C(OC)OC)[C@@H]3C(O)OC(O)[C@]32[C@H]1OCOC. The van der Waals surface area contributed by atoms with Crippen molar-refractivity contribution in [3.05, 3.63) is 12.2 Å². The minimum Gasteiger partial charge on any atom is -0.368 e. The molecular formula is C21H36O9. The molecule has 30 heavy (non-hydrogen) atoms. The van der Waals surface area contributed by atoms with Crippen molar-refractivity contribution in [2.75, 3.05) is 42.0 Å². The summed E-state index contributed by atoms with van der Waals surface area (Å²) in [6.45, 7) is 4.33. The largest absolute Gasteiger partial charge is 0.368 e. The standard InChI is InChI=1S/C21H36O9/c1-20(2)9-13(28-10-24-3)16(29-11-25-4)21-14(20)8-7-12(18(26-5)27-6)15(21)17(22)30-19(21)23/h7-8,12-19,22-23H,9-11H2,1-6H3/t12-,13-,14-,15+,16-,17?,19?,21-/m0/s1. The molecule has 2 N–H and O–H groups in total. The number of ether oxygens (including phenoxy) is 7. The second kappa shape index (κ2) is 9.48. The molecule has 0 bridgehead atoms. The van der Waals surface area contributed by atoms with Crippen LogP contribution in [0.25, 0.3) is 0 Å². The summed E-state index contributed by atoms with van der Waals surface area (Å²) in [6, 6.07) is 0. The Morgan fingerprint density at radius 2 is 1.63 bits per heavy atom. The molecule has 9 nitrogen and oxygen atoms in total. The van der Waals surface area contributed by atoms with Gasteiger partial charge in [-0.1, -0.05) is 26.0 Å². The molecule has 2 unspecified atom stereocenters. The minimum atomic E-state index is -1.28. The third-order valence-corrected chi connectivity index (χ3v) is 7.00. The molecule has 174 valence electrons. The number of aliphatic hydroxyl groups excluding tert-OH is 2. The summed E-state index contributed by atoms with van der Waals surface area (Å²) in [6.07, 6.45) is 0.583. The lowest BCUT2D eigenvalue weighted by Gasteiger charge is -2.61. The molecule has 1 spiro atoms. The van der Waals surface area contributed by atoms with Crippen LogP contribution in [0.15, 0.2) is 12.2 Å². The van der Waals surface area contributed by atoms with Crippen LogP contribution < -0.4 is 0 Å². The van der Waals surface area contributed by atoms with E-state index in [1.807, 2.05) is 6.08 Å². The van der Waals surface area contributed by atoms with E-state index in [4.69, 9.17) is 33.2 Å². The van der Waals surface area contributed by atoms with Gasteiger partial charge < -0.3 is 43.4 Å². The first-order valence-electron chi connectivity index (χ1n) is 10.3. The van der Waals surface area contributed by atoms with Gasteiger partial charge in [-0.05, 0) is 17.8 Å². The van der Waals surface area contributed by atoms with Crippen molar-refractivity contribution in [2.24, 2.45) is 28.6 Å². The number of aliphatic hydroxyl groups is 2. The summed E-state index contributed by atoms with van der Waals surface area (Å²) < 4.78 is 39.2. The zero-order valence-corrected chi connectivity index (χ0v) is 18.6. The Hall–Kier alpha value is -0.620. The van der Waals surface area contributed by atoms with E-state index in [9.17, 15) is 10.2 Å². The number of allylic oxidation sites excluding steroid dienone is 1. The van der Waals surface area contributed by atoms with Crippen LogP contribution >= 0.6 is 0 Å². The highest BCUT2D eigenvalue weighted by molar-refractivity contribution is 5.24. The molecule has 1 saturated carbocycles. The minimum absolute atomic E-state index is 0.00824. The van der Waals surface area contributed by atoms with E-state index in [1.54, 1.807) is 21.3 Å². The van der Waals surface area contributed by atoms with Crippen LogP contribution in [0.4, 0.5) is 0 Å². The molecular weight excluding hydrogens is 396 g/mol. The number of hydrogen-bond acceptors (Lipinski definition) is 9. The van der Waals surface area contributed by atoms with Crippen LogP contribution in [0.3, 0.4) is 0 Å². The molecule has 1 aliphatic heterocycles. The van der Waals surface area contributed by atoms with Crippen molar-refractivity contribution >= 4 is 0 Å². The van der Waals surface area contributed by atoms with Gasteiger partial charge in [-0.3, -0.25) is 0 Å². The van der Waals surface area contributed by atoms with Crippen molar-refractivity contribution in [2.45, 2.75) is 51.3 Å². The second-order valence-corrected chi connectivity index (χ2v) is 8.98. The fourth-order valence-corrected chi connectivity index (χ4v) is 6.04. The van der Waals surface area contributed by atoms with E-state index >= 15 is 0 Å². The average Bonchev–Trinajstić information content (AvgIpc) is 2.97. The van der Waals surface area contributed by atoms with Crippen LogP contribution in [0.5, 0.6) is 0 Å². The van der Waals surface area contributed by atoms with Gasteiger partial charge in [0.15, 0.2) is 18.9 Å². The molecule has 1 heterocycles. The van der Waals surface area contributed by atoms with Crippen molar-refractivity contribution in [1.82, 2.24) is 0 Å². The summed E-state index contributed by atoms with van der Waals surface area (Å²) in [5.74, 6) is -1.08. The zero-order chi connectivity index (χ0) is 22.1. The predicted octanol–water partition coefficient (Wildman–Crippen LogP) is 1.09. The van der Waals surface area contributed by atoms with E-state index < -0.39 is 42.4 Å². The highest BCUT2D eigenvalue weighted by Gasteiger charge is 2.73. The molecule has 2 fully saturated rings. The van der Waals surface area contributed by atoms with Gasteiger partial charge in [-0.15, -0.1) is 0 Å². The summed E-state index contributed by atoms with van der Waals surface area (Å²) >= 11 is 0. The van der Waals surface area contributed by atoms with Gasteiger partial charge in [-0.25, -0.2) is 0 Å². The monoisotopic (exact) mass is 432 g/mol. The third-order valence-electron chi connectivity index (χ3n) is 7.00. The molecule has 0 amide bonds. The van der Waals surface area contributed by atoms with Crippen LogP contribution in [-0.2, 0) is 33.2 Å². The molecule has 0 aromatic heterocycles. The summed E-state index contributed by atoms with van der Waals surface area (Å²) in [5, 5.41) is 22.2. The van der Waals surface area contributed by atoms with Crippen LogP contribution in [-0.4, -0.2) is 83.3 Å². The van der Waals surface area contributed by atoms with Gasteiger partial charge in [0.2, 0.25) is 0 Å². The van der Waals surface area contributed by atoms with Gasteiger partial charge >= 0.3 is 0 Å². The Bertz CT molecular complexity index is 593. The lowest BCUT2D eigenvalue weighted by molar-refractivity contribution is -0.291. The smallest absolute Gasteiger partial charge is 0.166 e. The normalized spacial score (nSPS) is 42.4. The molecule has 8 atom stereocenters. The van der Waals surface area contributed by atoms with Gasteiger partial charge in [0, 0.05) is 40.3 Å². The molecule has 0 aromatic rings. The molecule has 0 radical (unpaired) electrons. The molecule has 3 rings (SSSR count). The predicted molar refractivity (Wildman–Crippen MR) is 105 cm³/mol. The van der Waals surface area contributed by atoms with E-state index in [0.717, 1.165) is 0 Å². The van der Waals surface area contributed by atoms with Crippen molar-refractivity contribution in [3.63, 3.8) is 0 Å². The first-order chi connectivity index (χ1) is 14.3. The summed E-state index contributed by atoms with van der Waals surface area (Å²) in [7, 11) is 6.19. The second-order valence-electron chi connectivity index (χ2n) is 8.98. The maximum absolute atomic E-state index is 11.3. The first-order valence-corrected chi connectivity index (χ1v) is 10.3. The highest BCUT2D eigenvalue weighted by atomic mass is 16.7. The Kier molecular flexibility index (Phi) is 7.59. The van der Waals surface area contributed by atoms with Gasteiger partial charge in [0.25, 0.3) is 0 Å². The maximum atomic E-state index is 11.3. The zero-order valence-electron chi connectivity index (χ0n) is 18.6. The van der Waals surface area contributed by atoms with E-state index in [-0.39, 0.29) is 30.8 Å². The topological polar surface area (TPSA) is 105 Å². The fraction of sp³-hybridized carbons (Fsp3) is 0.905. The third kappa shape index (κ3) is 3.74. The van der Waals surface area contributed by atoms with Crippen molar-refractivity contribution in [1.29, 1.82) is 0 Å². The Morgan fingerprint density at radius 1 is 1.00 bits per heavy atom. The van der Waals surface area contributed by atoms with Crippen LogP contribution in [0.2, 0.25) is 0 Å². The van der Waals surface area contributed by atoms with Crippen LogP contribution in [0.1, 0.15) is 20.3 Å². The maximum Gasteiger partial charge on any atom is 0.166 e. The summed E-state index contributed by atoms with van der Waals surface area (Å²) in [4.78, 5) is 0. The van der Waals surface area contributed by atoms with Crippen LogP contribution in [0, 0.1) is 28.6 Å². The molecule has 2 aliphatic carbocycles. The molecule has 1 saturated heterocycles. The fourth-order valence-electron chi connectivity index (χ4n) is 6.04. The number of hydrogen-bond donors (Lipinski definition) is 2. The van der Waals surface area contributed by atoms with E-state index in [1.165, 1.54) is 7.11 Å². The molecule has 9 heteroatoms. The first kappa shape index (κ1) is 24.0. The lowest BCUT2D eigenvalue weighted by Crippen LogP contribution is -2.67. The Balaban J connectivity index is 2.15. The Morgan fingerprint density at radius 3 is 2.23 bits per heavy atom. The van der Waals surface area contributed by atoms with Gasteiger partial charge in [0.05, 0.1) is 17.6 Å².